The molecule has 1 amide bonds. The van der Waals surface area contributed by atoms with Gasteiger partial charge in [-0.05, 0) is 45.4 Å². The largest absolute Gasteiger partial charge is 0.491 e. The molecule has 0 bridgehead atoms. The number of carbonyl (C=O) groups is 1. The molecule has 1 atom stereocenters. The number of nitrogens with zero attached hydrogens (tertiary/aromatic N) is 1. The van der Waals surface area contributed by atoms with Gasteiger partial charge in [-0.15, -0.1) is 0 Å². The molecule has 0 fully saturated rings. The molecule has 1 aromatic carbocycles. The Morgan fingerprint density at radius 3 is 2.63 bits per heavy atom. The van der Waals surface area contributed by atoms with Crippen molar-refractivity contribution in [3.8, 4) is 5.75 Å². The van der Waals surface area contributed by atoms with Crippen LogP contribution in [0.25, 0.3) is 0 Å². The summed E-state index contributed by atoms with van der Waals surface area (Å²) < 4.78 is 5.59. The third-order valence-electron chi connectivity index (χ3n) is 2.72. The van der Waals surface area contributed by atoms with Crippen LogP contribution in [0.4, 0.5) is 0 Å². The fraction of sp³-hybridized carbons (Fsp3) is 0.533. The molecule has 0 saturated carbocycles. The minimum Gasteiger partial charge on any atom is -0.491 e. The molecule has 4 heteroatoms. The summed E-state index contributed by atoms with van der Waals surface area (Å²) >= 11 is 0. The van der Waals surface area contributed by atoms with Crippen molar-refractivity contribution < 1.29 is 9.53 Å². The van der Waals surface area contributed by atoms with Crippen LogP contribution in [0.2, 0.25) is 0 Å². The quantitative estimate of drug-likeness (QED) is 0.857. The molecule has 1 unspecified atom stereocenters. The number of benzene rings is 1. The van der Waals surface area contributed by atoms with E-state index in [9.17, 15) is 4.79 Å². The van der Waals surface area contributed by atoms with E-state index in [2.05, 4.69) is 0 Å². The van der Waals surface area contributed by atoms with E-state index in [4.69, 9.17) is 10.5 Å². The van der Waals surface area contributed by atoms with Crippen LogP contribution in [0.1, 0.15) is 37.6 Å². The Hall–Kier alpha value is -1.55. The molecule has 0 spiro atoms. The zero-order valence-electron chi connectivity index (χ0n) is 12.2. The second kappa shape index (κ2) is 7.14. The Morgan fingerprint density at radius 2 is 2.05 bits per heavy atom. The molecule has 4 nitrogen and oxygen atoms in total. The summed E-state index contributed by atoms with van der Waals surface area (Å²) in [6, 6.07) is 7.39. The standard InChI is InChI=1S/C15H24N2O2/c1-11(2)19-14-7-5-6-13(10-14)15(18)17(4)9-8-12(3)16/h5-7,10-12H,8-9,16H2,1-4H3. The lowest BCUT2D eigenvalue weighted by Crippen LogP contribution is -2.31. The molecule has 0 aliphatic carbocycles. The lowest BCUT2D eigenvalue weighted by Gasteiger charge is -2.19. The van der Waals surface area contributed by atoms with Crippen molar-refractivity contribution in [2.75, 3.05) is 13.6 Å². The normalized spacial score (nSPS) is 12.3. The van der Waals surface area contributed by atoms with Gasteiger partial charge < -0.3 is 15.4 Å². The number of hydrogen-bond acceptors (Lipinski definition) is 3. The summed E-state index contributed by atoms with van der Waals surface area (Å²) in [5, 5.41) is 0. The number of amides is 1. The molecular weight excluding hydrogens is 240 g/mol. The van der Waals surface area contributed by atoms with E-state index < -0.39 is 0 Å². The summed E-state index contributed by atoms with van der Waals surface area (Å²) in [5.41, 5.74) is 6.34. The van der Waals surface area contributed by atoms with Gasteiger partial charge in [0.2, 0.25) is 0 Å². The highest BCUT2D eigenvalue weighted by Crippen LogP contribution is 2.16. The van der Waals surface area contributed by atoms with Gasteiger partial charge in [0.1, 0.15) is 5.75 Å². The molecule has 0 saturated heterocycles. The Morgan fingerprint density at radius 1 is 1.37 bits per heavy atom. The lowest BCUT2D eigenvalue weighted by molar-refractivity contribution is 0.0791. The smallest absolute Gasteiger partial charge is 0.253 e. The van der Waals surface area contributed by atoms with Crippen molar-refractivity contribution in [2.24, 2.45) is 5.73 Å². The first-order chi connectivity index (χ1) is 8.90. The average Bonchev–Trinajstić information content (AvgIpc) is 2.34. The molecule has 0 aliphatic rings. The van der Waals surface area contributed by atoms with Gasteiger partial charge in [-0.3, -0.25) is 4.79 Å². The van der Waals surface area contributed by atoms with Crippen LogP contribution in [0.3, 0.4) is 0 Å². The number of nitrogens with two attached hydrogens (primary N) is 1. The molecule has 0 aromatic heterocycles. The highest BCUT2D eigenvalue weighted by molar-refractivity contribution is 5.94. The second-order valence-corrected chi connectivity index (χ2v) is 5.19. The Kier molecular flexibility index (Phi) is 5.83. The van der Waals surface area contributed by atoms with Crippen LogP contribution in [-0.4, -0.2) is 36.5 Å². The minimum absolute atomic E-state index is 0.00476. The third kappa shape index (κ3) is 5.30. The average molecular weight is 264 g/mol. The predicted molar refractivity (Wildman–Crippen MR) is 77.4 cm³/mol. The topological polar surface area (TPSA) is 55.6 Å². The molecule has 0 heterocycles. The predicted octanol–water partition coefficient (Wildman–Crippen LogP) is 2.28. The maximum Gasteiger partial charge on any atom is 0.253 e. The zero-order chi connectivity index (χ0) is 14.4. The van der Waals surface area contributed by atoms with Gasteiger partial charge in [0.25, 0.3) is 5.91 Å². The highest BCUT2D eigenvalue weighted by atomic mass is 16.5. The first-order valence-corrected chi connectivity index (χ1v) is 6.68. The monoisotopic (exact) mass is 264 g/mol. The van der Waals surface area contributed by atoms with Crippen LogP contribution in [-0.2, 0) is 0 Å². The zero-order valence-corrected chi connectivity index (χ0v) is 12.2. The van der Waals surface area contributed by atoms with E-state index in [1.165, 1.54) is 0 Å². The lowest BCUT2D eigenvalue weighted by atomic mass is 10.1. The number of carbonyl (C=O) groups excluding carboxylic acids is 1. The molecule has 1 aromatic rings. The van der Waals surface area contributed by atoms with Gasteiger partial charge in [0.15, 0.2) is 0 Å². The van der Waals surface area contributed by atoms with Crippen molar-refractivity contribution in [2.45, 2.75) is 39.3 Å². The van der Waals surface area contributed by atoms with Crippen LogP contribution < -0.4 is 10.5 Å². The van der Waals surface area contributed by atoms with Crippen molar-refractivity contribution in [3.05, 3.63) is 29.8 Å². The second-order valence-electron chi connectivity index (χ2n) is 5.19. The molecule has 106 valence electrons. The first kappa shape index (κ1) is 15.5. The minimum atomic E-state index is -0.00476. The Bertz CT molecular complexity index is 416. The molecular formula is C15H24N2O2. The van der Waals surface area contributed by atoms with Crippen molar-refractivity contribution in [3.63, 3.8) is 0 Å². The molecule has 0 radical (unpaired) electrons. The third-order valence-corrected chi connectivity index (χ3v) is 2.72. The molecule has 1 rings (SSSR count). The molecule has 0 aliphatic heterocycles. The van der Waals surface area contributed by atoms with Crippen molar-refractivity contribution in [1.82, 2.24) is 4.90 Å². The van der Waals surface area contributed by atoms with Gasteiger partial charge in [0.05, 0.1) is 6.10 Å². The Balaban J connectivity index is 2.70. The van der Waals surface area contributed by atoms with Crippen molar-refractivity contribution in [1.29, 1.82) is 0 Å². The van der Waals surface area contributed by atoms with Gasteiger partial charge in [-0.1, -0.05) is 6.07 Å². The summed E-state index contributed by atoms with van der Waals surface area (Å²) in [6.07, 6.45) is 0.894. The summed E-state index contributed by atoms with van der Waals surface area (Å²) in [6.45, 7) is 6.52. The highest BCUT2D eigenvalue weighted by Gasteiger charge is 2.13. The van der Waals surface area contributed by atoms with Gasteiger partial charge in [-0.25, -0.2) is 0 Å². The van der Waals surface area contributed by atoms with Gasteiger partial charge >= 0.3 is 0 Å². The van der Waals surface area contributed by atoms with E-state index in [0.717, 1.165) is 12.2 Å². The van der Waals surface area contributed by atoms with E-state index in [0.29, 0.717) is 12.1 Å². The fourth-order valence-electron chi connectivity index (χ4n) is 1.69. The SMILES string of the molecule is CC(N)CCN(C)C(=O)c1cccc(OC(C)C)c1. The molecule has 2 N–H and O–H groups in total. The summed E-state index contributed by atoms with van der Waals surface area (Å²) in [7, 11) is 1.79. The number of hydrogen-bond donors (Lipinski definition) is 1. The van der Waals surface area contributed by atoms with E-state index in [-0.39, 0.29) is 18.1 Å². The summed E-state index contributed by atoms with van der Waals surface area (Å²) in [4.78, 5) is 13.9. The van der Waals surface area contributed by atoms with Crippen LogP contribution in [0.15, 0.2) is 24.3 Å². The van der Waals surface area contributed by atoms with Crippen LogP contribution in [0.5, 0.6) is 5.75 Å². The van der Waals surface area contributed by atoms with E-state index in [1.807, 2.05) is 32.9 Å². The Labute approximate surface area is 115 Å². The maximum atomic E-state index is 12.2. The first-order valence-electron chi connectivity index (χ1n) is 6.68. The number of rotatable bonds is 6. The fourth-order valence-corrected chi connectivity index (χ4v) is 1.69. The van der Waals surface area contributed by atoms with Crippen LogP contribution in [0, 0.1) is 0 Å². The maximum absolute atomic E-state index is 12.2. The number of ether oxygens (including phenoxy) is 1. The molecule has 19 heavy (non-hydrogen) atoms. The van der Waals surface area contributed by atoms with Crippen LogP contribution >= 0.6 is 0 Å². The van der Waals surface area contributed by atoms with Gasteiger partial charge in [0, 0.05) is 25.2 Å². The summed E-state index contributed by atoms with van der Waals surface area (Å²) in [5.74, 6) is 0.719. The van der Waals surface area contributed by atoms with E-state index >= 15 is 0 Å². The van der Waals surface area contributed by atoms with Gasteiger partial charge in [-0.2, -0.15) is 0 Å². The van der Waals surface area contributed by atoms with Crippen molar-refractivity contribution >= 4 is 5.91 Å². The van der Waals surface area contributed by atoms with E-state index in [1.54, 1.807) is 24.1 Å².